The number of fused-ring (bicyclic) bond motifs is 1. The number of likely N-dealkylation sites (tertiary alicyclic amines) is 1. The number of thiophene rings is 1. The second kappa shape index (κ2) is 7.72. The summed E-state index contributed by atoms with van der Waals surface area (Å²) in [7, 11) is 0. The predicted molar refractivity (Wildman–Crippen MR) is 110 cm³/mol. The summed E-state index contributed by atoms with van der Waals surface area (Å²) in [4.78, 5) is 36.7. The molecule has 2 aromatic rings. The average molecular weight is 394 g/mol. The molecular weight excluding hydrogens is 366 g/mol. The van der Waals surface area contributed by atoms with Gasteiger partial charge in [-0.3, -0.25) is 9.59 Å². The fourth-order valence-corrected chi connectivity index (χ4v) is 5.57. The van der Waals surface area contributed by atoms with Crippen molar-refractivity contribution in [1.82, 2.24) is 14.9 Å². The summed E-state index contributed by atoms with van der Waals surface area (Å²) >= 11 is 3.10. The van der Waals surface area contributed by atoms with E-state index in [1.807, 2.05) is 25.7 Å². The Balaban J connectivity index is 1.71. The van der Waals surface area contributed by atoms with Crippen LogP contribution in [-0.2, 0) is 10.5 Å². The maximum absolute atomic E-state index is 12.9. The van der Waals surface area contributed by atoms with Gasteiger partial charge in [-0.25, -0.2) is 4.98 Å². The largest absolute Gasteiger partial charge is 0.336 e. The summed E-state index contributed by atoms with van der Waals surface area (Å²) < 4.78 is 0. The van der Waals surface area contributed by atoms with E-state index in [-0.39, 0.29) is 16.7 Å². The van der Waals surface area contributed by atoms with Gasteiger partial charge in [0.15, 0.2) is 0 Å². The van der Waals surface area contributed by atoms with Crippen LogP contribution in [0.5, 0.6) is 0 Å². The first kappa shape index (κ1) is 19.4. The zero-order valence-corrected chi connectivity index (χ0v) is 17.7. The lowest BCUT2D eigenvalue weighted by Gasteiger charge is -2.40. The highest BCUT2D eigenvalue weighted by atomic mass is 32.2. The van der Waals surface area contributed by atoms with Gasteiger partial charge in [-0.05, 0) is 59.4 Å². The number of H-pyrrole nitrogens is 1. The molecular formula is C19H27N3O2S2. The quantitative estimate of drug-likeness (QED) is 0.852. The van der Waals surface area contributed by atoms with Crippen molar-refractivity contribution >= 4 is 39.2 Å². The Morgan fingerprint density at radius 3 is 2.65 bits per heavy atom. The molecule has 3 heterocycles. The number of hydrogen-bond donors (Lipinski definition) is 1. The number of carbonyl (C=O) groups excluding carboxylic acids is 1. The van der Waals surface area contributed by atoms with E-state index in [9.17, 15) is 9.59 Å². The summed E-state index contributed by atoms with van der Waals surface area (Å²) in [5.41, 5.74) is 0.930. The van der Waals surface area contributed by atoms with Gasteiger partial charge in [0.25, 0.3) is 5.56 Å². The smallest absolute Gasteiger partial charge is 0.259 e. The maximum Gasteiger partial charge on any atom is 0.259 e. The van der Waals surface area contributed by atoms with Gasteiger partial charge in [-0.15, -0.1) is 23.1 Å². The third kappa shape index (κ3) is 3.69. The van der Waals surface area contributed by atoms with Gasteiger partial charge < -0.3 is 9.88 Å². The Morgan fingerprint density at radius 1 is 1.35 bits per heavy atom. The van der Waals surface area contributed by atoms with Crippen LogP contribution in [-0.4, -0.2) is 38.1 Å². The van der Waals surface area contributed by atoms with Crippen LogP contribution in [0.15, 0.2) is 4.79 Å². The molecule has 1 fully saturated rings. The number of aryl methyl sites for hydroxylation is 2. The van der Waals surface area contributed by atoms with Crippen molar-refractivity contribution in [2.24, 2.45) is 0 Å². The number of aromatic amines is 1. The monoisotopic (exact) mass is 393 g/mol. The van der Waals surface area contributed by atoms with Crippen molar-refractivity contribution in [2.45, 2.75) is 77.0 Å². The molecule has 1 aliphatic heterocycles. The first-order chi connectivity index (χ1) is 12.3. The lowest BCUT2D eigenvalue weighted by atomic mass is 9.97. The molecule has 0 bridgehead atoms. The zero-order valence-electron chi connectivity index (χ0n) is 16.1. The molecule has 3 rings (SSSR count). The van der Waals surface area contributed by atoms with Gasteiger partial charge >= 0.3 is 0 Å². The van der Waals surface area contributed by atoms with E-state index >= 15 is 0 Å². The topological polar surface area (TPSA) is 66.1 Å². The number of amides is 1. The van der Waals surface area contributed by atoms with Crippen molar-refractivity contribution < 1.29 is 4.79 Å². The average Bonchev–Trinajstić information content (AvgIpc) is 2.87. The Kier molecular flexibility index (Phi) is 5.77. The van der Waals surface area contributed by atoms with E-state index in [4.69, 9.17) is 0 Å². The van der Waals surface area contributed by atoms with Crippen LogP contribution in [0.3, 0.4) is 0 Å². The van der Waals surface area contributed by atoms with Crippen LogP contribution in [0.1, 0.15) is 56.3 Å². The number of aromatic nitrogens is 2. The Labute approximate surface area is 162 Å². The minimum absolute atomic E-state index is 0.0790. The van der Waals surface area contributed by atoms with Crippen LogP contribution in [0.4, 0.5) is 0 Å². The van der Waals surface area contributed by atoms with Crippen LogP contribution >= 0.6 is 23.1 Å². The predicted octanol–water partition coefficient (Wildman–Crippen LogP) is 4.01. The van der Waals surface area contributed by atoms with E-state index in [0.717, 1.165) is 28.1 Å². The molecule has 2 aromatic heterocycles. The van der Waals surface area contributed by atoms with Crippen molar-refractivity contribution in [3.63, 3.8) is 0 Å². The van der Waals surface area contributed by atoms with E-state index in [2.05, 4.69) is 23.8 Å². The molecule has 1 amide bonds. The van der Waals surface area contributed by atoms with Gasteiger partial charge in [0, 0.05) is 17.0 Å². The number of nitrogens with one attached hydrogen (secondary N) is 1. The highest BCUT2D eigenvalue weighted by Crippen LogP contribution is 2.28. The number of rotatable bonds is 4. The van der Waals surface area contributed by atoms with Gasteiger partial charge in [-0.2, -0.15) is 0 Å². The van der Waals surface area contributed by atoms with E-state index in [1.54, 1.807) is 23.1 Å². The molecule has 0 aromatic carbocycles. The molecule has 0 aliphatic carbocycles. The summed E-state index contributed by atoms with van der Waals surface area (Å²) in [5.74, 6) is 1.37. The Bertz CT molecular complexity index is 864. The highest BCUT2D eigenvalue weighted by molar-refractivity contribution is 7.99. The lowest BCUT2D eigenvalue weighted by molar-refractivity contribution is -0.136. The van der Waals surface area contributed by atoms with Gasteiger partial charge in [0.1, 0.15) is 10.7 Å². The summed E-state index contributed by atoms with van der Waals surface area (Å²) in [6, 6.07) is 0.612. The molecule has 1 N–H and O–H groups in total. The number of hydrogen-bond acceptors (Lipinski definition) is 5. The second-order valence-corrected chi connectivity index (χ2v) is 9.84. The molecule has 0 radical (unpaired) electrons. The SMILES string of the molecule is Cc1sc2nc(CSC(C)C(=O)N3C(C)CCCC3C)[nH]c(=O)c2c1C. The lowest BCUT2D eigenvalue weighted by Crippen LogP contribution is -2.50. The third-order valence-electron chi connectivity index (χ3n) is 5.35. The molecule has 3 atom stereocenters. The first-order valence-electron chi connectivity index (χ1n) is 9.22. The standard InChI is InChI=1S/C19H27N3O2S2/c1-10-7-6-8-11(2)22(10)19(24)14(5)25-9-15-20-17(23)16-12(3)13(4)26-18(16)21-15/h10-11,14H,6-9H2,1-5H3,(H,20,21,23). The number of piperidine rings is 1. The van der Waals surface area contributed by atoms with Crippen molar-refractivity contribution in [3.05, 3.63) is 26.6 Å². The fraction of sp³-hybridized carbons (Fsp3) is 0.632. The molecule has 5 nitrogen and oxygen atoms in total. The minimum Gasteiger partial charge on any atom is -0.336 e. The fourth-order valence-electron chi connectivity index (χ4n) is 3.71. The minimum atomic E-state index is -0.147. The normalized spacial score (nSPS) is 22.0. The molecule has 26 heavy (non-hydrogen) atoms. The van der Waals surface area contributed by atoms with Crippen molar-refractivity contribution in [3.8, 4) is 0 Å². The van der Waals surface area contributed by atoms with E-state index < -0.39 is 0 Å². The summed E-state index contributed by atoms with van der Waals surface area (Å²) in [6.45, 7) is 10.2. The van der Waals surface area contributed by atoms with Crippen LogP contribution < -0.4 is 5.56 Å². The highest BCUT2D eigenvalue weighted by Gasteiger charge is 2.31. The van der Waals surface area contributed by atoms with E-state index in [1.165, 1.54) is 6.42 Å². The van der Waals surface area contributed by atoms with Gasteiger partial charge in [0.2, 0.25) is 5.91 Å². The molecule has 3 unspecified atom stereocenters. The molecule has 1 saturated heterocycles. The van der Waals surface area contributed by atoms with Crippen molar-refractivity contribution in [1.29, 1.82) is 0 Å². The molecule has 1 aliphatic rings. The zero-order chi connectivity index (χ0) is 19.0. The maximum atomic E-state index is 12.9. The number of nitrogens with zero attached hydrogens (tertiary/aromatic N) is 2. The molecule has 0 spiro atoms. The van der Waals surface area contributed by atoms with Gasteiger partial charge in [0.05, 0.1) is 16.4 Å². The Hall–Kier alpha value is -1.34. The molecule has 7 heteroatoms. The van der Waals surface area contributed by atoms with Gasteiger partial charge in [-0.1, -0.05) is 0 Å². The van der Waals surface area contributed by atoms with Crippen LogP contribution in [0.2, 0.25) is 0 Å². The van der Waals surface area contributed by atoms with E-state index in [0.29, 0.717) is 29.0 Å². The van der Waals surface area contributed by atoms with Crippen molar-refractivity contribution in [2.75, 3.05) is 0 Å². The first-order valence-corrected chi connectivity index (χ1v) is 11.1. The number of carbonyl (C=O) groups is 1. The third-order valence-corrected chi connectivity index (χ3v) is 7.60. The molecule has 142 valence electrons. The van der Waals surface area contributed by atoms with Crippen LogP contribution in [0.25, 0.3) is 10.2 Å². The second-order valence-electron chi connectivity index (χ2n) is 7.30. The number of thioether (sulfide) groups is 1. The Morgan fingerprint density at radius 2 is 2.00 bits per heavy atom. The summed E-state index contributed by atoms with van der Waals surface area (Å²) in [5, 5.41) is 0.548. The molecule has 0 saturated carbocycles. The van der Waals surface area contributed by atoms with Crippen LogP contribution in [0, 0.1) is 13.8 Å². The summed E-state index contributed by atoms with van der Waals surface area (Å²) in [6.07, 6.45) is 3.35.